The Hall–Kier alpha value is -0.950. The maximum Gasteiger partial charge on any atom is 0.291 e. The number of amides is 1. The van der Waals surface area contributed by atoms with Crippen LogP contribution in [0.3, 0.4) is 0 Å². The zero-order valence-electron chi connectivity index (χ0n) is 10.9. The number of rotatable bonds is 4. The smallest absolute Gasteiger partial charge is 0.268 e. The fourth-order valence-corrected chi connectivity index (χ4v) is 2.47. The normalized spacial score (nSPS) is 11.4. The lowest BCUT2D eigenvalue weighted by atomic mass is 10.2. The summed E-state index contributed by atoms with van der Waals surface area (Å²) in [7, 11) is 0. The van der Waals surface area contributed by atoms with Gasteiger partial charge in [0, 0.05) is 5.75 Å². The van der Waals surface area contributed by atoms with Crippen LogP contribution in [0, 0.1) is 6.92 Å². The van der Waals surface area contributed by atoms with Crippen LogP contribution in [0.2, 0.25) is 0 Å². The molecule has 0 radical (unpaired) electrons. The minimum Gasteiger partial charge on any atom is -0.268 e. The molecule has 0 unspecified atom stereocenters. The molecule has 9 heteroatoms. The third-order valence-corrected chi connectivity index (χ3v) is 3.99. The van der Waals surface area contributed by atoms with Crippen molar-refractivity contribution in [3.63, 3.8) is 0 Å². The Kier molecular flexibility index (Phi) is 5.37. The molecule has 0 fully saturated rings. The number of nitrogens with one attached hydrogen (secondary N) is 1. The third kappa shape index (κ3) is 4.51. The Morgan fingerprint density at radius 3 is 2.57 bits per heavy atom. The van der Waals surface area contributed by atoms with E-state index in [0.717, 1.165) is 5.56 Å². The van der Waals surface area contributed by atoms with Gasteiger partial charge in [-0.25, -0.2) is 4.68 Å². The number of aryl methyl sites for hydroxylation is 1. The highest BCUT2D eigenvalue weighted by atomic mass is 35.6. The summed E-state index contributed by atoms with van der Waals surface area (Å²) >= 11 is 18.0. The Morgan fingerprint density at radius 1 is 1.29 bits per heavy atom. The van der Waals surface area contributed by atoms with Gasteiger partial charge in [-0.05, 0) is 12.5 Å². The monoisotopic (exact) mass is 364 g/mol. The SMILES string of the molecule is Cc1nnc(SCc2ccccc2)n1NC(=O)C(Cl)(Cl)Cl. The summed E-state index contributed by atoms with van der Waals surface area (Å²) in [5.74, 6) is 0.410. The van der Waals surface area contributed by atoms with Gasteiger partial charge in [0.05, 0.1) is 0 Å². The van der Waals surface area contributed by atoms with Crippen molar-refractivity contribution in [2.45, 2.75) is 21.6 Å². The van der Waals surface area contributed by atoms with E-state index in [1.54, 1.807) is 6.92 Å². The number of nitrogens with zero attached hydrogens (tertiary/aromatic N) is 3. The fraction of sp³-hybridized carbons (Fsp3) is 0.250. The first-order valence-electron chi connectivity index (χ1n) is 5.85. The van der Waals surface area contributed by atoms with Gasteiger partial charge in [-0.15, -0.1) is 10.2 Å². The molecule has 1 heterocycles. The second-order valence-electron chi connectivity index (χ2n) is 4.08. The van der Waals surface area contributed by atoms with Gasteiger partial charge >= 0.3 is 0 Å². The molecule has 1 aromatic heterocycles. The number of thioether (sulfide) groups is 1. The Labute approximate surface area is 140 Å². The fourth-order valence-electron chi connectivity index (χ4n) is 1.45. The summed E-state index contributed by atoms with van der Waals surface area (Å²) in [5, 5.41) is 8.42. The minimum atomic E-state index is -2.04. The van der Waals surface area contributed by atoms with E-state index in [0.29, 0.717) is 16.7 Å². The summed E-state index contributed by atoms with van der Waals surface area (Å²) in [6, 6.07) is 9.86. The number of carbonyl (C=O) groups excluding carboxylic acids is 1. The molecule has 5 nitrogen and oxygen atoms in total. The molecule has 1 amide bonds. The first-order valence-corrected chi connectivity index (χ1v) is 7.97. The number of halogens is 3. The molecule has 21 heavy (non-hydrogen) atoms. The van der Waals surface area contributed by atoms with E-state index in [1.165, 1.54) is 16.4 Å². The molecular weight excluding hydrogens is 355 g/mol. The topological polar surface area (TPSA) is 59.8 Å². The Balaban J connectivity index is 2.09. The molecule has 0 saturated heterocycles. The average Bonchev–Trinajstić information content (AvgIpc) is 2.78. The van der Waals surface area contributed by atoms with E-state index in [9.17, 15) is 4.79 Å². The maximum atomic E-state index is 11.7. The van der Waals surface area contributed by atoms with Crippen LogP contribution >= 0.6 is 46.6 Å². The number of benzene rings is 1. The highest BCUT2D eigenvalue weighted by molar-refractivity contribution is 7.98. The first kappa shape index (κ1) is 16.4. The standard InChI is InChI=1S/C12H11Cl3N4OS/c1-8-16-17-11(19(8)18-10(20)12(13,14)15)21-7-9-5-3-2-4-6-9/h2-6H,7H2,1H3,(H,18,20). The predicted molar refractivity (Wildman–Crippen MR) is 85.4 cm³/mol. The average molecular weight is 366 g/mol. The zero-order valence-corrected chi connectivity index (χ0v) is 14.0. The predicted octanol–water partition coefficient (Wildman–Crippen LogP) is 3.32. The van der Waals surface area contributed by atoms with Crippen LogP contribution in [0.1, 0.15) is 11.4 Å². The van der Waals surface area contributed by atoms with E-state index in [2.05, 4.69) is 15.6 Å². The van der Waals surface area contributed by atoms with E-state index >= 15 is 0 Å². The molecule has 1 N–H and O–H groups in total. The molecule has 0 aliphatic heterocycles. The van der Waals surface area contributed by atoms with Crippen molar-refractivity contribution in [3.05, 3.63) is 41.7 Å². The first-order chi connectivity index (χ1) is 9.88. The van der Waals surface area contributed by atoms with Gasteiger partial charge in [-0.1, -0.05) is 76.9 Å². The molecular formula is C12H11Cl3N4OS. The summed E-state index contributed by atoms with van der Waals surface area (Å²) in [5.41, 5.74) is 3.60. The van der Waals surface area contributed by atoms with Crippen molar-refractivity contribution >= 4 is 52.5 Å². The summed E-state index contributed by atoms with van der Waals surface area (Å²) in [6.45, 7) is 1.69. The van der Waals surface area contributed by atoms with Crippen molar-refractivity contribution in [1.82, 2.24) is 14.9 Å². The molecule has 112 valence electrons. The van der Waals surface area contributed by atoms with E-state index in [1.807, 2.05) is 30.3 Å². The van der Waals surface area contributed by atoms with Crippen molar-refractivity contribution in [3.8, 4) is 0 Å². The van der Waals surface area contributed by atoms with Gasteiger partial charge in [0.2, 0.25) is 5.16 Å². The van der Waals surface area contributed by atoms with Crippen LogP contribution in [0.4, 0.5) is 0 Å². The molecule has 2 rings (SSSR count). The molecule has 2 aromatic rings. The number of hydrogen-bond donors (Lipinski definition) is 1. The van der Waals surface area contributed by atoms with E-state index in [4.69, 9.17) is 34.8 Å². The van der Waals surface area contributed by atoms with Crippen molar-refractivity contribution < 1.29 is 4.79 Å². The second-order valence-corrected chi connectivity index (χ2v) is 7.30. The largest absolute Gasteiger partial charge is 0.291 e. The summed E-state index contributed by atoms with van der Waals surface area (Å²) in [4.78, 5) is 11.7. The summed E-state index contributed by atoms with van der Waals surface area (Å²) in [6.07, 6.45) is 0. The second kappa shape index (κ2) is 6.87. The van der Waals surface area contributed by atoms with Crippen molar-refractivity contribution in [1.29, 1.82) is 0 Å². The van der Waals surface area contributed by atoms with Gasteiger partial charge in [0.25, 0.3) is 9.70 Å². The lowest BCUT2D eigenvalue weighted by Crippen LogP contribution is -2.34. The van der Waals surface area contributed by atoms with Crippen LogP contribution < -0.4 is 5.43 Å². The van der Waals surface area contributed by atoms with Gasteiger partial charge in [-0.2, -0.15) is 0 Å². The van der Waals surface area contributed by atoms with Crippen molar-refractivity contribution in [2.75, 3.05) is 5.43 Å². The molecule has 0 aliphatic carbocycles. The van der Waals surface area contributed by atoms with Crippen LogP contribution in [-0.2, 0) is 10.5 Å². The lowest BCUT2D eigenvalue weighted by Gasteiger charge is -2.14. The highest BCUT2D eigenvalue weighted by Gasteiger charge is 2.31. The maximum absolute atomic E-state index is 11.7. The van der Waals surface area contributed by atoms with Gasteiger partial charge in [-0.3, -0.25) is 10.2 Å². The zero-order chi connectivity index (χ0) is 15.5. The van der Waals surface area contributed by atoms with Crippen LogP contribution in [0.15, 0.2) is 35.5 Å². The van der Waals surface area contributed by atoms with Gasteiger partial charge in [0.15, 0.2) is 0 Å². The minimum absolute atomic E-state index is 0.494. The molecule has 0 saturated carbocycles. The molecule has 0 atom stereocenters. The van der Waals surface area contributed by atoms with E-state index < -0.39 is 9.70 Å². The van der Waals surface area contributed by atoms with Crippen molar-refractivity contribution in [2.24, 2.45) is 0 Å². The molecule has 0 aliphatic rings. The molecule has 0 spiro atoms. The van der Waals surface area contributed by atoms with E-state index in [-0.39, 0.29) is 0 Å². The summed E-state index contributed by atoms with van der Waals surface area (Å²) < 4.78 is -0.643. The Bertz CT molecular complexity index is 627. The van der Waals surface area contributed by atoms with Gasteiger partial charge < -0.3 is 0 Å². The Morgan fingerprint density at radius 2 is 1.95 bits per heavy atom. The molecule has 0 bridgehead atoms. The van der Waals surface area contributed by atoms with Crippen LogP contribution in [0.25, 0.3) is 0 Å². The number of carbonyl (C=O) groups is 1. The number of aromatic nitrogens is 3. The van der Waals surface area contributed by atoms with Crippen LogP contribution in [-0.4, -0.2) is 24.6 Å². The molecule has 1 aromatic carbocycles. The highest BCUT2D eigenvalue weighted by Crippen LogP contribution is 2.27. The third-order valence-electron chi connectivity index (χ3n) is 2.48. The number of alkyl halides is 3. The van der Waals surface area contributed by atoms with Crippen LogP contribution in [0.5, 0.6) is 0 Å². The lowest BCUT2D eigenvalue weighted by molar-refractivity contribution is -0.116. The van der Waals surface area contributed by atoms with Gasteiger partial charge in [0.1, 0.15) is 5.82 Å². The quantitative estimate of drug-likeness (QED) is 0.667. The number of hydrogen-bond acceptors (Lipinski definition) is 4.